The summed E-state index contributed by atoms with van der Waals surface area (Å²) in [6, 6.07) is 8.05. The normalized spacial score (nSPS) is 16.3. The second-order valence-corrected chi connectivity index (χ2v) is 12.2. The fraction of sp³-hybridized carbons (Fsp3) is 0.500. The molecule has 1 heterocycles. The van der Waals surface area contributed by atoms with Crippen LogP contribution < -0.4 is 4.72 Å². The number of amides is 1. The second kappa shape index (κ2) is 12.4. The Balaban J connectivity index is 1.64. The van der Waals surface area contributed by atoms with E-state index < -0.39 is 27.4 Å². The topological polar surface area (TPSA) is 75.7 Å². The van der Waals surface area contributed by atoms with Crippen LogP contribution in [0.3, 0.4) is 0 Å². The van der Waals surface area contributed by atoms with Crippen LogP contribution in [0.2, 0.25) is 10.0 Å². The minimum Gasteiger partial charge on any atom is -0.373 e. The van der Waals surface area contributed by atoms with Gasteiger partial charge in [0.1, 0.15) is 5.82 Å². The smallest absolute Gasteiger partial charge is 0.267 e. The van der Waals surface area contributed by atoms with Gasteiger partial charge in [0.25, 0.3) is 5.91 Å². The maximum absolute atomic E-state index is 15.3. The van der Waals surface area contributed by atoms with Crippen molar-refractivity contribution in [1.29, 1.82) is 0 Å². The molecule has 0 aliphatic carbocycles. The molecule has 11 heteroatoms. The van der Waals surface area contributed by atoms with Crippen molar-refractivity contribution in [3.05, 3.63) is 68.4 Å². The summed E-state index contributed by atoms with van der Waals surface area (Å²) < 4.78 is 61.4. The molecule has 6 nitrogen and oxygen atoms in total. The van der Waals surface area contributed by atoms with Gasteiger partial charge in [-0.15, -0.1) is 0 Å². The lowest BCUT2D eigenvalue weighted by Crippen LogP contribution is -2.62. The number of nitrogens with one attached hydrogen (secondary N) is 1. The van der Waals surface area contributed by atoms with Crippen molar-refractivity contribution >= 4 is 39.1 Å². The average Bonchev–Trinajstić information content (AvgIpc) is 2.79. The van der Waals surface area contributed by atoms with Crippen molar-refractivity contribution in [3.63, 3.8) is 0 Å². The molecule has 37 heavy (non-hydrogen) atoms. The third kappa shape index (κ3) is 7.41. The molecule has 0 bridgehead atoms. The van der Waals surface area contributed by atoms with E-state index in [0.29, 0.717) is 28.5 Å². The summed E-state index contributed by atoms with van der Waals surface area (Å²) in [7, 11) is -3.83. The van der Waals surface area contributed by atoms with Crippen LogP contribution in [0, 0.1) is 5.82 Å². The number of likely N-dealkylation sites (tertiary alicyclic amines) is 1. The Morgan fingerprint density at radius 3 is 2.38 bits per heavy atom. The Morgan fingerprint density at radius 2 is 1.81 bits per heavy atom. The highest BCUT2D eigenvalue weighted by Gasteiger charge is 2.46. The highest BCUT2D eigenvalue weighted by molar-refractivity contribution is 7.90. The zero-order valence-electron chi connectivity index (χ0n) is 21.1. The molecule has 0 spiro atoms. The quantitative estimate of drug-likeness (QED) is 0.342. The van der Waals surface area contributed by atoms with Crippen LogP contribution in [0.1, 0.15) is 66.7 Å². The van der Waals surface area contributed by atoms with Crippen LogP contribution >= 0.6 is 23.2 Å². The number of benzene rings is 2. The lowest BCUT2D eigenvalue weighted by atomic mass is 9.91. The van der Waals surface area contributed by atoms with Gasteiger partial charge >= 0.3 is 0 Å². The predicted molar refractivity (Wildman–Crippen MR) is 142 cm³/mol. The number of sulfonamides is 1. The summed E-state index contributed by atoms with van der Waals surface area (Å²) in [5.41, 5.74) is -0.218. The number of carbonyl (C=O) groups excluding carboxylic acids is 1. The number of nitrogens with zero attached hydrogens (tertiary/aromatic N) is 1. The standard InChI is InChI=1S/C26H32Cl2F2N2O4S/c1-4-7-21-17(8-9-22(24(21)29)25(33)31-37(34,35)6-3)13-36-16-26(30)14-32(15-26)23(5-2)18-10-19(27)12-20(28)11-18/h8-12,23H,4-7,13-16H2,1-3H3,(H,31,33). The Hall–Kier alpha value is -1.78. The van der Waals surface area contributed by atoms with Crippen LogP contribution in [0.15, 0.2) is 30.3 Å². The van der Waals surface area contributed by atoms with Crippen molar-refractivity contribution in [2.24, 2.45) is 0 Å². The fourth-order valence-electron chi connectivity index (χ4n) is 4.57. The third-order valence-electron chi connectivity index (χ3n) is 6.40. The zero-order valence-corrected chi connectivity index (χ0v) is 23.4. The molecule has 0 saturated carbocycles. The van der Waals surface area contributed by atoms with Crippen LogP contribution in [-0.4, -0.2) is 50.3 Å². The lowest BCUT2D eigenvalue weighted by molar-refractivity contribution is -0.107. The molecule has 1 aliphatic rings. The van der Waals surface area contributed by atoms with E-state index in [4.69, 9.17) is 27.9 Å². The number of alkyl halides is 1. The molecule has 204 valence electrons. The molecule has 2 aromatic carbocycles. The van der Waals surface area contributed by atoms with E-state index in [1.54, 1.807) is 6.07 Å². The summed E-state index contributed by atoms with van der Waals surface area (Å²) in [4.78, 5) is 14.3. The van der Waals surface area contributed by atoms with Gasteiger partial charge in [0.2, 0.25) is 10.0 Å². The first kappa shape index (κ1) is 29.8. The maximum Gasteiger partial charge on any atom is 0.267 e. The minimum absolute atomic E-state index is 0.0273. The summed E-state index contributed by atoms with van der Waals surface area (Å²) >= 11 is 12.3. The van der Waals surface area contributed by atoms with Gasteiger partial charge in [0, 0.05) is 29.2 Å². The van der Waals surface area contributed by atoms with E-state index in [9.17, 15) is 13.2 Å². The van der Waals surface area contributed by atoms with E-state index in [1.807, 2.05) is 35.6 Å². The number of rotatable bonds is 12. The Morgan fingerprint density at radius 1 is 1.16 bits per heavy atom. The van der Waals surface area contributed by atoms with Gasteiger partial charge in [-0.25, -0.2) is 21.9 Å². The number of halogens is 4. The molecule has 3 rings (SSSR count). The first-order valence-corrected chi connectivity index (χ1v) is 14.6. The first-order valence-electron chi connectivity index (χ1n) is 12.2. The lowest BCUT2D eigenvalue weighted by Gasteiger charge is -2.48. The predicted octanol–water partition coefficient (Wildman–Crippen LogP) is 5.86. The monoisotopic (exact) mass is 576 g/mol. The molecule has 0 aromatic heterocycles. The molecule has 2 aromatic rings. The second-order valence-electron chi connectivity index (χ2n) is 9.32. The zero-order chi connectivity index (χ0) is 27.4. The molecule has 1 fully saturated rings. The van der Waals surface area contributed by atoms with Gasteiger partial charge in [-0.1, -0.05) is 49.5 Å². The number of hydrogen-bond donors (Lipinski definition) is 1. The molecular weight excluding hydrogens is 545 g/mol. The van der Waals surface area contributed by atoms with Gasteiger partial charge in [-0.3, -0.25) is 9.69 Å². The van der Waals surface area contributed by atoms with E-state index in [2.05, 4.69) is 0 Å². The fourth-order valence-corrected chi connectivity index (χ4v) is 5.65. The average molecular weight is 578 g/mol. The maximum atomic E-state index is 15.3. The molecule has 0 radical (unpaired) electrons. The number of carbonyl (C=O) groups is 1. The third-order valence-corrected chi connectivity index (χ3v) is 8.09. The van der Waals surface area contributed by atoms with Crippen molar-refractivity contribution < 1.29 is 26.7 Å². The van der Waals surface area contributed by atoms with E-state index in [0.717, 1.165) is 12.0 Å². The van der Waals surface area contributed by atoms with Gasteiger partial charge in [0.05, 0.1) is 24.5 Å². The van der Waals surface area contributed by atoms with Crippen LogP contribution in [0.4, 0.5) is 8.78 Å². The first-order chi connectivity index (χ1) is 17.4. The highest BCUT2D eigenvalue weighted by atomic mass is 35.5. The number of hydrogen-bond acceptors (Lipinski definition) is 5. The largest absolute Gasteiger partial charge is 0.373 e. The molecule has 1 atom stereocenters. The van der Waals surface area contributed by atoms with Crippen LogP contribution in [0.25, 0.3) is 0 Å². The van der Waals surface area contributed by atoms with Crippen molar-refractivity contribution in [2.75, 3.05) is 25.4 Å². The molecule has 1 saturated heterocycles. The van der Waals surface area contributed by atoms with Crippen LogP contribution in [-0.2, 0) is 27.8 Å². The Labute approximate surface area is 227 Å². The highest BCUT2D eigenvalue weighted by Crippen LogP contribution is 2.37. The summed E-state index contributed by atoms with van der Waals surface area (Å²) in [6.45, 7) is 5.40. The van der Waals surface area contributed by atoms with Crippen molar-refractivity contribution in [1.82, 2.24) is 9.62 Å². The Bertz CT molecular complexity index is 1220. The van der Waals surface area contributed by atoms with E-state index in [-0.39, 0.29) is 49.2 Å². The Kier molecular flexibility index (Phi) is 9.97. The van der Waals surface area contributed by atoms with Crippen LogP contribution in [0.5, 0.6) is 0 Å². The van der Waals surface area contributed by atoms with Crippen molar-refractivity contribution in [2.45, 2.75) is 58.4 Å². The summed E-state index contributed by atoms with van der Waals surface area (Å²) in [5.74, 6) is -2.11. The van der Waals surface area contributed by atoms with Gasteiger partial charge in [-0.2, -0.15) is 0 Å². The summed E-state index contributed by atoms with van der Waals surface area (Å²) in [5, 5.41) is 1.06. The number of ether oxygens (including phenoxy) is 1. The van der Waals surface area contributed by atoms with Crippen molar-refractivity contribution in [3.8, 4) is 0 Å². The molecule has 1 amide bonds. The van der Waals surface area contributed by atoms with Gasteiger partial charge < -0.3 is 4.74 Å². The van der Waals surface area contributed by atoms with E-state index in [1.165, 1.54) is 19.1 Å². The summed E-state index contributed by atoms with van der Waals surface area (Å²) in [6.07, 6.45) is 1.67. The molecule has 1 unspecified atom stereocenters. The molecule has 1 aliphatic heterocycles. The molecular formula is C26H32Cl2F2N2O4S. The SMILES string of the molecule is CCCc1c(COCC2(F)CN(C(CC)c3cc(Cl)cc(Cl)c3)C2)ccc(C(=O)NS(=O)(=O)CC)c1F. The van der Waals surface area contributed by atoms with Gasteiger partial charge in [0.15, 0.2) is 5.67 Å². The molecule has 1 N–H and O–H groups in total. The van der Waals surface area contributed by atoms with E-state index >= 15 is 8.78 Å². The van der Waals surface area contributed by atoms with Gasteiger partial charge in [-0.05, 0) is 60.7 Å². The minimum atomic E-state index is -3.83.